The van der Waals surface area contributed by atoms with Crippen molar-refractivity contribution in [2.24, 2.45) is 0 Å². The van der Waals surface area contributed by atoms with Crippen LogP contribution in [0.3, 0.4) is 0 Å². The number of nitrogens with one attached hydrogen (secondary N) is 1. The summed E-state index contributed by atoms with van der Waals surface area (Å²) < 4.78 is 0. The van der Waals surface area contributed by atoms with Gasteiger partial charge in [-0.3, -0.25) is 10.00 Å². The van der Waals surface area contributed by atoms with Crippen molar-refractivity contribution in [3.8, 4) is 11.3 Å². The predicted molar refractivity (Wildman–Crippen MR) is 108 cm³/mol. The molecule has 0 saturated heterocycles. The van der Waals surface area contributed by atoms with E-state index in [1.807, 2.05) is 30.5 Å². The molecule has 1 aliphatic heterocycles. The molecule has 132 valence electrons. The van der Waals surface area contributed by atoms with Gasteiger partial charge in [0.15, 0.2) is 0 Å². The number of aryl methyl sites for hydroxylation is 1. The zero-order valence-electron chi connectivity index (χ0n) is 14.9. The van der Waals surface area contributed by atoms with Crippen molar-refractivity contribution in [1.29, 1.82) is 0 Å². The molecule has 0 aliphatic carbocycles. The lowest BCUT2D eigenvalue weighted by molar-refractivity contribution is 0.294. The highest BCUT2D eigenvalue weighted by atomic mass is 35.5. The van der Waals surface area contributed by atoms with Gasteiger partial charge < -0.3 is 0 Å². The van der Waals surface area contributed by atoms with Crippen LogP contribution in [0.2, 0.25) is 5.02 Å². The summed E-state index contributed by atoms with van der Waals surface area (Å²) in [5.74, 6) is 0. The minimum absolute atomic E-state index is 0.750. The molecule has 4 rings (SSSR count). The molecule has 1 N–H and O–H groups in total. The molecule has 1 aromatic heterocycles. The first-order valence-corrected chi connectivity index (χ1v) is 9.33. The summed E-state index contributed by atoms with van der Waals surface area (Å²) in [4.78, 5) is 2.46. The zero-order chi connectivity index (χ0) is 17.9. The van der Waals surface area contributed by atoms with Gasteiger partial charge in [0.2, 0.25) is 0 Å². The molecule has 0 radical (unpaired) electrons. The predicted octanol–water partition coefficient (Wildman–Crippen LogP) is 5.33. The van der Waals surface area contributed by atoms with Gasteiger partial charge in [0.1, 0.15) is 0 Å². The van der Waals surface area contributed by atoms with Gasteiger partial charge in [0.25, 0.3) is 0 Å². The molecule has 26 heavy (non-hydrogen) atoms. The maximum Gasteiger partial charge on any atom is 0.0695 e. The molecule has 4 heteroatoms. The maximum atomic E-state index is 6.00. The molecule has 0 fully saturated rings. The quantitative estimate of drug-likeness (QED) is 0.679. The van der Waals surface area contributed by atoms with Crippen molar-refractivity contribution in [1.82, 2.24) is 15.1 Å². The van der Waals surface area contributed by atoms with E-state index in [4.69, 9.17) is 11.6 Å². The molecule has 3 nitrogen and oxygen atoms in total. The Morgan fingerprint density at radius 3 is 2.69 bits per heavy atom. The smallest absolute Gasteiger partial charge is 0.0695 e. The van der Waals surface area contributed by atoms with Crippen molar-refractivity contribution in [2.45, 2.75) is 19.9 Å². The average molecular weight is 364 g/mol. The van der Waals surface area contributed by atoms with E-state index in [2.05, 4.69) is 52.4 Å². The maximum absolute atomic E-state index is 6.00. The van der Waals surface area contributed by atoms with Gasteiger partial charge in [-0.25, -0.2) is 0 Å². The topological polar surface area (TPSA) is 31.9 Å². The SMILES string of the molecule is Cc1cccc(C2=CCN(Cc3cn[nH]c3-c3ccc(Cl)cc3)CC2)c1. The van der Waals surface area contributed by atoms with Crippen LogP contribution in [0.1, 0.15) is 23.1 Å². The van der Waals surface area contributed by atoms with Gasteiger partial charge in [-0.05, 0) is 42.2 Å². The third-order valence-corrected chi connectivity index (χ3v) is 5.18. The van der Waals surface area contributed by atoms with Gasteiger partial charge in [-0.15, -0.1) is 0 Å². The number of nitrogens with zero attached hydrogens (tertiary/aromatic N) is 2. The first-order valence-electron chi connectivity index (χ1n) is 8.95. The number of benzene rings is 2. The Labute approximate surface area is 159 Å². The first-order chi connectivity index (χ1) is 12.7. The Hall–Kier alpha value is -2.36. The van der Waals surface area contributed by atoms with Crippen LogP contribution in [0.15, 0.2) is 60.8 Å². The van der Waals surface area contributed by atoms with E-state index in [0.29, 0.717) is 0 Å². The van der Waals surface area contributed by atoms with E-state index >= 15 is 0 Å². The van der Waals surface area contributed by atoms with E-state index < -0.39 is 0 Å². The number of hydrogen-bond donors (Lipinski definition) is 1. The Bertz CT molecular complexity index is 925. The summed E-state index contributed by atoms with van der Waals surface area (Å²) in [6, 6.07) is 16.7. The van der Waals surface area contributed by atoms with Crippen LogP contribution in [0.5, 0.6) is 0 Å². The van der Waals surface area contributed by atoms with Crippen LogP contribution in [0, 0.1) is 6.92 Å². The largest absolute Gasteiger partial charge is 0.295 e. The molecule has 3 aromatic rings. The minimum Gasteiger partial charge on any atom is -0.295 e. The molecule has 0 amide bonds. The number of hydrogen-bond acceptors (Lipinski definition) is 2. The highest BCUT2D eigenvalue weighted by Crippen LogP contribution is 2.27. The van der Waals surface area contributed by atoms with Crippen LogP contribution in [0.25, 0.3) is 16.8 Å². The lowest BCUT2D eigenvalue weighted by Crippen LogP contribution is -2.28. The van der Waals surface area contributed by atoms with Gasteiger partial charge in [-0.1, -0.05) is 59.6 Å². The summed E-state index contributed by atoms with van der Waals surface area (Å²) in [6.45, 7) is 5.07. The lowest BCUT2D eigenvalue weighted by Gasteiger charge is -2.26. The normalized spacial score (nSPS) is 15.1. The monoisotopic (exact) mass is 363 g/mol. The van der Waals surface area contributed by atoms with Crippen molar-refractivity contribution < 1.29 is 0 Å². The third-order valence-electron chi connectivity index (χ3n) is 4.93. The number of aromatic nitrogens is 2. The molecule has 1 aliphatic rings. The first kappa shape index (κ1) is 17.1. The highest BCUT2D eigenvalue weighted by Gasteiger charge is 2.16. The summed E-state index contributed by atoms with van der Waals surface area (Å²) >= 11 is 6.00. The Morgan fingerprint density at radius 1 is 1.12 bits per heavy atom. The molecule has 2 aromatic carbocycles. The number of rotatable bonds is 4. The molecule has 0 bridgehead atoms. The summed E-state index contributed by atoms with van der Waals surface area (Å²) in [7, 11) is 0. The van der Waals surface area contributed by atoms with Crippen molar-refractivity contribution >= 4 is 17.2 Å². The fraction of sp³-hybridized carbons (Fsp3) is 0.227. The van der Waals surface area contributed by atoms with Crippen LogP contribution in [0.4, 0.5) is 0 Å². The molecule has 2 heterocycles. The average Bonchev–Trinajstić information content (AvgIpc) is 3.11. The molecule has 0 spiro atoms. The standard InChI is InChI=1S/C22H22ClN3/c1-16-3-2-4-19(13-16)17-9-11-26(12-10-17)15-20-14-24-25-22(20)18-5-7-21(23)8-6-18/h2-9,13-14H,10-12,15H2,1H3,(H,24,25). The van der Waals surface area contributed by atoms with Crippen LogP contribution >= 0.6 is 11.6 Å². The second kappa shape index (κ2) is 7.48. The number of H-pyrrole nitrogens is 1. The van der Waals surface area contributed by atoms with Crippen molar-refractivity contribution in [3.63, 3.8) is 0 Å². The van der Waals surface area contributed by atoms with E-state index in [1.54, 1.807) is 0 Å². The molecule has 0 unspecified atom stereocenters. The van der Waals surface area contributed by atoms with Crippen molar-refractivity contribution in [3.05, 3.63) is 82.5 Å². The third kappa shape index (κ3) is 3.74. The van der Waals surface area contributed by atoms with E-state index in [1.165, 1.54) is 22.3 Å². The fourth-order valence-electron chi connectivity index (χ4n) is 3.50. The van der Waals surface area contributed by atoms with E-state index in [9.17, 15) is 0 Å². The number of halogens is 1. The van der Waals surface area contributed by atoms with Crippen LogP contribution in [-0.4, -0.2) is 28.2 Å². The summed E-state index contributed by atoms with van der Waals surface area (Å²) in [6.07, 6.45) is 5.38. The van der Waals surface area contributed by atoms with Gasteiger partial charge in [0.05, 0.1) is 11.9 Å². The highest BCUT2D eigenvalue weighted by molar-refractivity contribution is 6.30. The van der Waals surface area contributed by atoms with E-state index in [-0.39, 0.29) is 0 Å². The number of aromatic amines is 1. The molecule has 0 atom stereocenters. The Morgan fingerprint density at radius 2 is 1.96 bits per heavy atom. The lowest BCUT2D eigenvalue weighted by atomic mass is 9.98. The summed E-state index contributed by atoms with van der Waals surface area (Å²) in [5, 5.41) is 8.15. The second-order valence-corrected chi connectivity index (χ2v) is 7.30. The molecule has 0 saturated carbocycles. The van der Waals surface area contributed by atoms with Crippen LogP contribution in [-0.2, 0) is 6.54 Å². The van der Waals surface area contributed by atoms with Crippen LogP contribution < -0.4 is 0 Å². The van der Waals surface area contributed by atoms with Crippen molar-refractivity contribution in [2.75, 3.05) is 13.1 Å². The molecular formula is C22H22ClN3. The van der Waals surface area contributed by atoms with Gasteiger partial charge >= 0.3 is 0 Å². The fourth-order valence-corrected chi connectivity index (χ4v) is 3.63. The van der Waals surface area contributed by atoms with Gasteiger partial charge in [-0.2, -0.15) is 5.10 Å². The van der Waals surface area contributed by atoms with E-state index in [0.717, 1.165) is 42.3 Å². The minimum atomic E-state index is 0.750. The second-order valence-electron chi connectivity index (χ2n) is 6.86. The molecular weight excluding hydrogens is 342 g/mol. The Kier molecular flexibility index (Phi) is 4.91. The van der Waals surface area contributed by atoms with Gasteiger partial charge in [0, 0.05) is 30.2 Å². The summed E-state index contributed by atoms with van der Waals surface area (Å²) in [5.41, 5.74) is 7.55. The zero-order valence-corrected chi connectivity index (χ0v) is 15.6. The Balaban J connectivity index is 1.47.